The van der Waals surface area contributed by atoms with Gasteiger partial charge in [-0.2, -0.15) is 5.10 Å². The highest BCUT2D eigenvalue weighted by Gasteiger charge is 2.35. The highest BCUT2D eigenvalue weighted by Crippen LogP contribution is 2.35. The van der Waals surface area contributed by atoms with E-state index < -0.39 is 0 Å². The number of nitrogens with one attached hydrogen (secondary N) is 1. The molecule has 0 aliphatic heterocycles. The number of hydrogen-bond donors (Lipinski definition) is 1. The van der Waals surface area contributed by atoms with E-state index in [4.69, 9.17) is 14.6 Å². The van der Waals surface area contributed by atoms with Crippen molar-refractivity contribution >= 4 is 6.03 Å². The minimum absolute atomic E-state index is 0.0540. The molecule has 0 atom stereocenters. The van der Waals surface area contributed by atoms with Crippen LogP contribution in [0.2, 0.25) is 0 Å². The summed E-state index contributed by atoms with van der Waals surface area (Å²) in [4.78, 5) is 14.8. The lowest BCUT2D eigenvalue weighted by atomic mass is 10.2. The van der Waals surface area contributed by atoms with Crippen LogP contribution in [-0.4, -0.2) is 39.9 Å². The lowest BCUT2D eigenvalue weighted by molar-refractivity contribution is 0.189. The van der Waals surface area contributed by atoms with Gasteiger partial charge in [0.2, 0.25) is 5.88 Å². The van der Waals surface area contributed by atoms with Gasteiger partial charge in [0.25, 0.3) is 0 Å². The zero-order valence-electron chi connectivity index (χ0n) is 19.0. The summed E-state index contributed by atoms with van der Waals surface area (Å²) in [5.41, 5.74) is 2.61. The molecule has 3 aromatic rings. The van der Waals surface area contributed by atoms with Crippen LogP contribution in [0.25, 0.3) is 5.69 Å². The molecular weight excluding hydrogens is 404 g/mol. The third-order valence-electron chi connectivity index (χ3n) is 5.38. The summed E-state index contributed by atoms with van der Waals surface area (Å²) in [7, 11) is 1.63. The number of urea groups is 1. The summed E-state index contributed by atoms with van der Waals surface area (Å²) in [6, 6.07) is 17.6. The average Bonchev–Trinajstić information content (AvgIpc) is 3.57. The molecule has 1 N–H and O–H groups in total. The van der Waals surface area contributed by atoms with Gasteiger partial charge in [-0.05, 0) is 57.9 Å². The molecule has 2 aromatic carbocycles. The largest absolute Gasteiger partial charge is 0.497 e. The van der Waals surface area contributed by atoms with E-state index in [0.29, 0.717) is 23.9 Å². The predicted octanol–water partition coefficient (Wildman–Crippen LogP) is 5.06. The van der Waals surface area contributed by atoms with E-state index in [1.807, 2.05) is 80.3 Å². The fourth-order valence-corrected chi connectivity index (χ4v) is 3.60. The van der Waals surface area contributed by atoms with Gasteiger partial charge in [-0.1, -0.05) is 24.3 Å². The number of amides is 2. The molecule has 32 heavy (non-hydrogen) atoms. The Morgan fingerprint density at radius 2 is 1.88 bits per heavy atom. The molecule has 1 heterocycles. The van der Waals surface area contributed by atoms with E-state index in [1.54, 1.807) is 11.8 Å². The molecule has 0 bridgehead atoms. The molecule has 1 aromatic heterocycles. The molecule has 1 aliphatic rings. The Morgan fingerprint density at radius 3 is 2.53 bits per heavy atom. The normalized spacial score (nSPS) is 13.2. The predicted molar refractivity (Wildman–Crippen MR) is 124 cm³/mol. The molecule has 7 heteroatoms. The summed E-state index contributed by atoms with van der Waals surface area (Å²) in [5, 5.41) is 7.80. The van der Waals surface area contributed by atoms with Crippen molar-refractivity contribution in [2.24, 2.45) is 0 Å². The van der Waals surface area contributed by atoms with Gasteiger partial charge in [-0.3, -0.25) is 0 Å². The number of aromatic nitrogens is 2. The molecule has 7 nitrogen and oxygen atoms in total. The van der Waals surface area contributed by atoms with E-state index in [9.17, 15) is 4.79 Å². The maximum atomic E-state index is 12.9. The molecule has 1 fully saturated rings. The number of carbonyl (C=O) groups is 1. The first-order valence-electron chi connectivity index (χ1n) is 11.0. The van der Waals surface area contributed by atoms with Crippen LogP contribution in [0.15, 0.2) is 54.6 Å². The van der Waals surface area contributed by atoms with E-state index in [-0.39, 0.29) is 18.1 Å². The maximum absolute atomic E-state index is 12.9. The van der Waals surface area contributed by atoms with Gasteiger partial charge in [0.05, 0.1) is 30.6 Å². The molecule has 1 aliphatic carbocycles. The second kappa shape index (κ2) is 9.34. The molecule has 0 radical (unpaired) electrons. The first-order valence-corrected chi connectivity index (χ1v) is 11.0. The summed E-state index contributed by atoms with van der Waals surface area (Å²) >= 11 is 0. The summed E-state index contributed by atoms with van der Waals surface area (Å²) in [6.07, 6.45) is 2.03. The van der Waals surface area contributed by atoms with Crippen molar-refractivity contribution in [3.8, 4) is 23.1 Å². The summed E-state index contributed by atoms with van der Waals surface area (Å²) in [5.74, 6) is 1.96. The Morgan fingerprint density at radius 1 is 1.16 bits per heavy atom. The number of nitrogens with zero attached hydrogens (tertiary/aromatic N) is 3. The van der Waals surface area contributed by atoms with Crippen molar-refractivity contribution < 1.29 is 14.3 Å². The maximum Gasteiger partial charge on any atom is 0.318 e. The van der Waals surface area contributed by atoms with Gasteiger partial charge in [0, 0.05) is 18.2 Å². The van der Waals surface area contributed by atoms with E-state index in [1.165, 1.54) is 0 Å². The average molecular weight is 435 g/mol. The van der Waals surface area contributed by atoms with Gasteiger partial charge < -0.3 is 19.7 Å². The van der Waals surface area contributed by atoms with Gasteiger partial charge in [-0.25, -0.2) is 9.48 Å². The molecule has 4 rings (SSSR count). The van der Waals surface area contributed by atoms with Crippen LogP contribution in [0.5, 0.6) is 17.4 Å². The zero-order chi connectivity index (χ0) is 22.7. The summed E-state index contributed by atoms with van der Waals surface area (Å²) in [6.45, 7) is 6.33. The van der Waals surface area contributed by atoms with Crippen molar-refractivity contribution in [1.29, 1.82) is 0 Å². The third-order valence-corrected chi connectivity index (χ3v) is 5.38. The molecular formula is C25H30N4O3. The Balaban J connectivity index is 1.74. The van der Waals surface area contributed by atoms with Crippen molar-refractivity contribution in [3.63, 3.8) is 0 Å². The van der Waals surface area contributed by atoms with Gasteiger partial charge >= 0.3 is 6.03 Å². The van der Waals surface area contributed by atoms with Crippen molar-refractivity contribution in [2.45, 2.75) is 52.2 Å². The van der Waals surface area contributed by atoms with Crippen LogP contribution < -0.4 is 14.8 Å². The number of hydrogen-bond acceptors (Lipinski definition) is 4. The van der Waals surface area contributed by atoms with Crippen molar-refractivity contribution in [2.75, 3.05) is 7.11 Å². The van der Waals surface area contributed by atoms with E-state index in [0.717, 1.165) is 29.8 Å². The first-order chi connectivity index (χ1) is 15.5. The molecule has 168 valence electrons. The minimum atomic E-state index is -0.0540. The Hall–Kier alpha value is -3.48. The first kappa shape index (κ1) is 21.7. The number of ether oxygens (including phenoxy) is 2. The number of para-hydroxylation sites is 1. The minimum Gasteiger partial charge on any atom is -0.497 e. The molecule has 2 amide bonds. The van der Waals surface area contributed by atoms with E-state index >= 15 is 0 Å². The lowest BCUT2D eigenvalue weighted by Crippen LogP contribution is -2.43. The van der Waals surface area contributed by atoms with Gasteiger partial charge in [-0.15, -0.1) is 0 Å². The second-order valence-electron chi connectivity index (χ2n) is 8.36. The quantitative estimate of drug-likeness (QED) is 0.538. The van der Waals surface area contributed by atoms with Gasteiger partial charge in [0.1, 0.15) is 11.5 Å². The van der Waals surface area contributed by atoms with Crippen LogP contribution >= 0.6 is 0 Å². The fraction of sp³-hybridized carbons (Fsp3) is 0.360. The Bertz CT molecular complexity index is 1070. The standard InChI is InChI=1S/C25H30N4O3/c1-17(2)26-25(30)28(19-13-14-19)16-23-18(3)27-29(20-9-6-5-7-10-20)24(23)32-22-12-8-11-21(15-22)31-4/h5-12,15,17,19H,13-14,16H2,1-4H3,(H,26,30). The van der Waals surface area contributed by atoms with Crippen LogP contribution in [0.1, 0.15) is 37.9 Å². The van der Waals surface area contributed by atoms with Crippen LogP contribution in [-0.2, 0) is 6.54 Å². The number of aryl methyl sites for hydroxylation is 1. The van der Waals surface area contributed by atoms with E-state index in [2.05, 4.69) is 5.32 Å². The van der Waals surface area contributed by atoms with Crippen LogP contribution in [0.3, 0.4) is 0 Å². The molecule has 0 unspecified atom stereocenters. The number of methoxy groups -OCH3 is 1. The number of rotatable bonds is 8. The Kier molecular flexibility index (Phi) is 6.35. The number of carbonyl (C=O) groups excluding carboxylic acids is 1. The zero-order valence-corrected chi connectivity index (χ0v) is 19.0. The second-order valence-corrected chi connectivity index (χ2v) is 8.36. The topological polar surface area (TPSA) is 68.6 Å². The lowest BCUT2D eigenvalue weighted by Gasteiger charge is -2.24. The SMILES string of the molecule is COc1cccc(Oc2c(CN(C(=O)NC(C)C)C3CC3)c(C)nn2-c2ccccc2)c1. The Labute approximate surface area is 188 Å². The fourth-order valence-electron chi connectivity index (χ4n) is 3.60. The van der Waals surface area contributed by atoms with Gasteiger partial charge in [0.15, 0.2) is 0 Å². The number of benzene rings is 2. The van der Waals surface area contributed by atoms with Crippen LogP contribution in [0.4, 0.5) is 4.79 Å². The molecule has 1 saturated carbocycles. The van der Waals surface area contributed by atoms with Crippen LogP contribution in [0, 0.1) is 6.92 Å². The summed E-state index contributed by atoms with van der Waals surface area (Å²) < 4.78 is 13.5. The highest BCUT2D eigenvalue weighted by molar-refractivity contribution is 5.75. The third kappa shape index (κ3) is 4.88. The smallest absolute Gasteiger partial charge is 0.318 e. The van der Waals surface area contributed by atoms with Crippen molar-refractivity contribution in [3.05, 3.63) is 65.9 Å². The molecule has 0 spiro atoms. The molecule has 0 saturated heterocycles. The monoisotopic (exact) mass is 434 g/mol. The van der Waals surface area contributed by atoms with Crippen molar-refractivity contribution in [1.82, 2.24) is 20.0 Å². The highest BCUT2D eigenvalue weighted by atomic mass is 16.5.